The molecule has 0 saturated carbocycles. The normalized spacial score (nSPS) is 12.2. The van der Waals surface area contributed by atoms with Crippen LogP contribution >= 0.6 is 11.6 Å². The minimum absolute atomic E-state index is 0.0881. The summed E-state index contributed by atoms with van der Waals surface area (Å²) in [6.45, 7) is 5.63. The number of benzene rings is 2. The van der Waals surface area contributed by atoms with Crippen molar-refractivity contribution in [1.29, 1.82) is 0 Å². The second-order valence-electron chi connectivity index (χ2n) is 6.96. The lowest BCUT2D eigenvalue weighted by molar-refractivity contribution is -0.138. The molecule has 1 amide bonds. The van der Waals surface area contributed by atoms with Gasteiger partial charge < -0.3 is 9.64 Å². The summed E-state index contributed by atoms with van der Waals surface area (Å²) in [6, 6.07) is 11.7. The minimum Gasteiger partial charge on any atom is -0.481 e. The van der Waals surface area contributed by atoms with Gasteiger partial charge in [-0.2, -0.15) is 0 Å². The molecule has 4 nitrogen and oxygen atoms in total. The molecule has 6 heteroatoms. The molecule has 0 aliphatic heterocycles. The first-order valence-corrected chi connectivity index (χ1v) is 9.43. The van der Waals surface area contributed by atoms with Crippen LogP contribution in [0.2, 0.25) is 5.02 Å². The highest BCUT2D eigenvalue weighted by Gasteiger charge is 2.21. The van der Waals surface area contributed by atoms with Crippen LogP contribution in [0, 0.1) is 5.82 Å². The third-order valence-corrected chi connectivity index (χ3v) is 5.03. The van der Waals surface area contributed by atoms with Crippen molar-refractivity contribution in [2.45, 2.75) is 32.9 Å². The number of carbonyl (C=O) groups is 1. The summed E-state index contributed by atoms with van der Waals surface area (Å²) >= 11 is 6.23. The van der Waals surface area contributed by atoms with Gasteiger partial charge in [-0.05, 0) is 62.7 Å². The Hall–Kier alpha value is -2.66. The molecule has 0 N–H and O–H groups in total. The van der Waals surface area contributed by atoms with Gasteiger partial charge >= 0.3 is 0 Å². The number of fused-ring (bicyclic) bond motifs is 1. The number of carbonyl (C=O) groups excluding carboxylic acids is 1. The number of ether oxygens (including phenoxy) is 1. The fourth-order valence-electron chi connectivity index (χ4n) is 2.94. The van der Waals surface area contributed by atoms with Crippen molar-refractivity contribution in [1.82, 2.24) is 9.88 Å². The SMILES string of the molecule is CC(Oc1ccc2c(-c3ccc(F)cc3Cl)ccnc2c1)C(=O)N(C)C(C)C. The van der Waals surface area contributed by atoms with Crippen LogP contribution in [0.25, 0.3) is 22.0 Å². The van der Waals surface area contributed by atoms with E-state index in [9.17, 15) is 9.18 Å². The molecular weight excluding hydrogens is 379 g/mol. The van der Waals surface area contributed by atoms with Crippen molar-refractivity contribution in [2.24, 2.45) is 0 Å². The fraction of sp³-hybridized carbons (Fsp3) is 0.273. The number of amides is 1. The van der Waals surface area contributed by atoms with E-state index in [0.717, 1.165) is 16.5 Å². The van der Waals surface area contributed by atoms with E-state index >= 15 is 0 Å². The van der Waals surface area contributed by atoms with Gasteiger partial charge in [0.15, 0.2) is 6.10 Å². The summed E-state index contributed by atoms with van der Waals surface area (Å²) in [5.41, 5.74) is 2.28. The molecule has 0 saturated heterocycles. The largest absolute Gasteiger partial charge is 0.481 e. The Bertz CT molecular complexity index is 1020. The van der Waals surface area contributed by atoms with E-state index in [4.69, 9.17) is 16.3 Å². The number of rotatable bonds is 5. The quantitative estimate of drug-likeness (QED) is 0.581. The molecule has 1 aromatic heterocycles. The number of halogens is 2. The van der Waals surface area contributed by atoms with Gasteiger partial charge in [-0.25, -0.2) is 4.39 Å². The molecule has 2 aromatic carbocycles. The van der Waals surface area contributed by atoms with E-state index in [1.54, 1.807) is 43.3 Å². The maximum Gasteiger partial charge on any atom is 0.263 e. The molecule has 0 radical (unpaired) electrons. The molecule has 0 aliphatic rings. The molecule has 0 spiro atoms. The Morgan fingerprint density at radius 1 is 1.11 bits per heavy atom. The van der Waals surface area contributed by atoms with Gasteiger partial charge in [0.1, 0.15) is 11.6 Å². The van der Waals surface area contributed by atoms with Crippen molar-refractivity contribution < 1.29 is 13.9 Å². The Labute approximate surface area is 168 Å². The molecule has 3 aromatic rings. The van der Waals surface area contributed by atoms with Crippen molar-refractivity contribution >= 4 is 28.4 Å². The maximum absolute atomic E-state index is 13.4. The van der Waals surface area contributed by atoms with Gasteiger partial charge in [0.25, 0.3) is 5.91 Å². The molecule has 1 heterocycles. The average Bonchev–Trinajstić information content (AvgIpc) is 2.66. The number of nitrogens with zero attached hydrogens (tertiary/aromatic N) is 2. The van der Waals surface area contributed by atoms with E-state index < -0.39 is 6.10 Å². The number of hydrogen-bond acceptors (Lipinski definition) is 3. The monoisotopic (exact) mass is 400 g/mol. The third kappa shape index (κ3) is 4.09. The summed E-state index contributed by atoms with van der Waals surface area (Å²) in [5.74, 6) is 0.0862. The van der Waals surface area contributed by atoms with Crippen LogP contribution in [0.1, 0.15) is 20.8 Å². The zero-order valence-electron chi connectivity index (χ0n) is 16.2. The third-order valence-electron chi connectivity index (χ3n) is 4.72. The van der Waals surface area contributed by atoms with E-state index in [2.05, 4.69) is 4.98 Å². The summed E-state index contributed by atoms with van der Waals surface area (Å²) < 4.78 is 19.2. The lowest BCUT2D eigenvalue weighted by Gasteiger charge is -2.25. The van der Waals surface area contributed by atoms with Crippen LogP contribution in [0.4, 0.5) is 4.39 Å². The van der Waals surface area contributed by atoms with E-state index in [1.807, 2.05) is 26.0 Å². The van der Waals surface area contributed by atoms with Crippen molar-refractivity contribution in [3.8, 4) is 16.9 Å². The van der Waals surface area contributed by atoms with Gasteiger partial charge in [0.2, 0.25) is 0 Å². The molecule has 1 atom stereocenters. The minimum atomic E-state index is -0.612. The summed E-state index contributed by atoms with van der Waals surface area (Å²) in [4.78, 5) is 18.4. The molecule has 146 valence electrons. The molecule has 3 rings (SSSR count). The molecule has 0 aliphatic carbocycles. The van der Waals surface area contributed by atoms with Crippen LogP contribution in [-0.2, 0) is 4.79 Å². The Morgan fingerprint density at radius 3 is 2.54 bits per heavy atom. The molecule has 0 bridgehead atoms. The van der Waals surface area contributed by atoms with Crippen LogP contribution < -0.4 is 4.74 Å². The summed E-state index contributed by atoms with van der Waals surface area (Å²) in [7, 11) is 1.76. The van der Waals surface area contributed by atoms with Gasteiger partial charge in [-0.3, -0.25) is 9.78 Å². The van der Waals surface area contributed by atoms with Crippen LogP contribution in [0.15, 0.2) is 48.7 Å². The number of pyridine rings is 1. The summed E-state index contributed by atoms with van der Waals surface area (Å²) in [5, 5.41) is 1.20. The van der Waals surface area contributed by atoms with Crippen LogP contribution in [0.3, 0.4) is 0 Å². The first kappa shape index (κ1) is 20.1. The van der Waals surface area contributed by atoms with Crippen LogP contribution in [0.5, 0.6) is 5.75 Å². The molecule has 0 fully saturated rings. The number of hydrogen-bond donors (Lipinski definition) is 0. The standard InChI is InChI=1S/C22H22ClFN2O2/c1-13(2)26(4)22(27)14(3)28-16-6-8-19-17(9-10-25-21(19)12-16)18-7-5-15(24)11-20(18)23/h5-14H,1-4H3. The smallest absolute Gasteiger partial charge is 0.263 e. The highest BCUT2D eigenvalue weighted by atomic mass is 35.5. The lowest BCUT2D eigenvalue weighted by atomic mass is 10.0. The zero-order valence-corrected chi connectivity index (χ0v) is 17.0. The topological polar surface area (TPSA) is 42.4 Å². The molecular formula is C22H22ClFN2O2. The average molecular weight is 401 g/mol. The maximum atomic E-state index is 13.4. The molecule has 1 unspecified atom stereocenters. The number of likely N-dealkylation sites (N-methyl/N-ethyl adjacent to an activating group) is 1. The first-order chi connectivity index (χ1) is 13.3. The van der Waals surface area contributed by atoms with Crippen molar-refractivity contribution in [3.05, 3.63) is 59.5 Å². The second-order valence-corrected chi connectivity index (χ2v) is 7.37. The Morgan fingerprint density at radius 2 is 1.86 bits per heavy atom. The van der Waals surface area contributed by atoms with Crippen molar-refractivity contribution in [3.63, 3.8) is 0 Å². The van der Waals surface area contributed by atoms with Gasteiger partial charge in [0.05, 0.1) is 10.5 Å². The van der Waals surface area contributed by atoms with E-state index in [-0.39, 0.29) is 17.8 Å². The van der Waals surface area contributed by atoms with Crippen molar-refractivity contribution in [2.75, 3.05) is 7.05 Å². The van der Waals surface area contributed by atoms with Gasteiger partial charge in [0, 0.05) is 36.3 Å². The first-order valence-electron chi connectivity index (χ1n) is 9.05. The highest BCUT2D eigenvalue weighted by Crippen LogP contribution is 2.34. The second kappa shape index (κ2) is 8.15. The van der Waals surface area contributed by atoms with Gasteiger partial charge in [-0.1, -0.05) is 11.6 Å². The predicted octanol–water partition coefficient (Wildman–Crippen LogP) is 5.33. The Balaban J connectivity index is 1.92. The van der Waals surface area contributed by atoms with Gasteiger partial charge in [-0.15, -0.1) is 0 Å². The lowest BCUT2D eigenvalue weighted by Crippen LogP contribution is -2.41. The predicted molar refractivity (Wildman–Crippen MR) is 110 cm³/mol. The fourth-order valence-corrected chi connectivity index (χ4v) is 3.21. The van der Waals surface area contributed by atoms with E-state index in [1.165, 1.54) is 12.1 Å². The van der Waals surface area contributed by atoms with E-state index in [0.29, 0.717) is 16.3 Å². The molecule has 28 heavy (non-hydrogen) atoms. The Kier molecular flexibility index (Phi) is 5.84. The van der Waals surface area contributed by atoms with Crippen LogP contribution in [-0.4, -0.2) is 35.0 Å². The highest BCUT2D eigenvalue weighted by molar-refractivity contribution is 6.33. The number of aromatic nitrogens is 1. The zero-order chi connectivity index (χ0) is 20.4. The summed E-state index contributed by atoms with van der Waals surface area (Å²) in [6.07, 6.45) is 1.06.